The molecule has 0 aliphatic carbocycles. The molecule has 3 rings (SSSR count). The van der Waals surface area contributed by atoms with Gasteiger partial charge in [-0.1, -0.05) is 12.1 Å². The Labute approximate surface area is 127 Å². The Bertz CT molecular complexity index is 655. The van der Waals surface area contributed by atoms with Crippen molar-refractivity contribution in [2.45, 2.75) is 6.10 Å². The van der Waals surface area contributed by atoms with Gasteiger partial charge in [-0.2, -0.15) is 0 Å². The average molecular weight is 308 g/mol. The number of furan rings is 1. The van der Waals surface area contributed by atoms with Crippen molar-refractivity contribution < 1.29 is 18.7 Å². The van der Waals surface area contributed by atoms with E-state index in [1.54, 1.807) is 19.2 Å². The molecule has 0 saturated carbocycles. The second-order valence-corrected chi connectivity index (χ2v) is 5.16. The van der Waals surface area contributed by atoms with Crippen LogP contribution in [0.15, 0.2) is 40.8 Å². The summed E-state index contributed by atoms with van der Waals surface area (Å²) < 4.78 is 16.6. The van der Waals surface area contributed by atoms with Crippen molar-refractivity contribution >= 4 is 17.5 Å². The molecule has 1 amide bonds. The molecule has 21 heavy (non-hydrogen) atoms. The van der Waals surface area contributed by atoms with Gasteiger partial charge in [-0.3, -0.25) is 4.79 Å². The fraction of sp³-hybridized carbons (Fsp3) is 0.267. The van der Waals surface area contributed by atoms with Crippen molar-refractivity contribution in [1.29, 1.82) is 0 Å². The molecule has 1 aliphatic heterocycles. The van der Waals surface area contributed by atoms with E-state index in [2.05, 4.69) is 0 Å². The number of nitrogens with zero attached hydrogens (tertiary/aromatic N) is 1. The van der Waals surface area contributed by atoms with Gasteiger partial charge in [-0.15, -0.1) is 0 Å². The van der Waals surface area contributed by atoms with Gasteiger partial charge in [0.05, 0.1) is 6.54 Å². The van der Waals surface area contributed by atoms with Crippen molar-refractivity contribution in [3.05, 3.63) is 47.4 Å². The number of likely N-dealkylation sites (N-methyl/N-ethyl adjacent to an activating group) is 1. The van der Waals surface area contributed by atoms with Crippen LogP contribution >= 0.6 is 11.6 Å². The lowest BCUT2D eigenvalue weighted by molar-refractivity contribution is 0.0502. The summed E-state index contributed by atoms with van der Waals surface area (Å²) in [4.78, 5) is 13.7. The summed E-state index contributed by atoms with van der Waals surface area (Å²) in [5, 5.41) is 0.193. The summed E-state index contributed by atoms with van der Waals surface area (Å²) in [6.07, 6.45) is -0.223. The molecule has 1 unspecified atom stereocenters. The molecule has 0 spiro atoms. The Morgan fingerprint density at radius 2 is 2.05 bits per heavy atom. The number of ether oxygens (including phenoxy) is 2. The van der Waals surface area contributed by atoms with Crippen LogP contribution in [0.4, 0.5) is 0 Å². The molecule has 1 aromatic heterocycles. The Kier molecular flexibility index (Phi) is 3.75. The molecule has 6 heteroatoms. The Morgan fingerprint density at radius 3 is 2.76 bits per heavy atom. The van der Waals surface area contributed by atoms with Crippen LogP contribution in [0.3, 0.4) is 0 Å². The van der Waals surface area contributed by atoms with E-state index in [1.165, 1.54) is 4.90 Å². The van der Waals surface area contributed by atoms with Crippen molar-refractivity contribution in [3.63, 3.8) is 0 Å². The SMILES string of the molecule is CN(CC1COc2ccccc2O1)C(=O)c1ccc(Cl)o1. The van der Waals surface area contributed by atoms with Gasteiger partial charge in [0, 0.05) is 7.05 Å². The van der Waals surface area contributed by atoms with Crippen molar-refractivity contribution in [3.8, 4) is 11.5 Å². The summed E-state index contributed by atoms with van der Waals surface area (Å²) >= 11 is 5.68. The van der Waals surface area contributed by atoms with Crippen LogP contribution in [-0.2, 0) is 0 Å². The third-order valence-corrected chi connectivity index (χ3v) is 3.38. The molecule has 110 valence electrons. The fourth-order valence-electron chi connectivity index (χ4n) is 2.16. The van der Waals surface area contributed by atoms with Gasteiger partial charge >= 0.3 is 0 Å². The molecule has 0 radical (unpaired) electrons. The third-order valence-electron chi connectivity index (χ3n) is 3.18. The summed E-state index contributed by atoms with van der Waals surface area (Å²) in [5.74, 6) is 1.38. The number of amides is 1. The number of hydrogen-bond donors (Lipinski definition) is 0. The van der Waals surface area contributed by atoms with E-state index >= 15 is 0 Å². The van der Waals surface area contributed by atoms with Crippen LogP contribution in [0, 0.1) is 0 Å². The Balaban J connectivity index is 1.63. The largest absolute Gasteiger partial charge is 0.486 e. The number of hydrogen-bond acceptors (Lipinski definition) is 4. The van der Waals surface area contributed by atoms with E-state index in [1.807, 2.05) is 24.3 Å². The quantitative estimate of drug-likeness (QED) is 0.875. The zero-order chi connectivity index (χ0) is 14.8. The van der Waals surface area contributed by atoms with Crippen LogP contribution in [0.2, 0.25) is 5.22 Å². The maximum atomic E-state index is 12.2. The lowest BCUT2D eigenvalue weighted by Gasteiger charge is -2.29. The van der Waals surface area contributed by atoms with Gasteiger partial charge < -0.3 is 18.8 Å². The van der Waals surface area contributed by atoms with Gasteiger partial charge in [-0.05, 0) is 35.9 Å². The van der Waals surface area contributed by atoms with Crippen LogP contribution in [0.5, 0.6) is 11.5 Å². The molecule has 5 nitrogen and oxygen atoms in total. The first-order chi connectivity index (χ1) is 10.1. The maximum absolute atomic E-state index is 12.2. The van der Waals surface area contributed by atoms with E-state index in [-0.39, 0.29) is 23.0 Å². The highest BCUT2D eigenvalue weighted by Crippen LogP contribution is 2.31. The van der Waals surface area contributed by atoms with Gasteiger partial charge in [0.1, 0.15) is 6.61 Å². The van der Waals surface area contributed by atoms with Gasteiger partial charge in [-0.25, -0.2) is 0 Å². The highest BCUT2D eigenvalue weighted by Gasteiger charge is 2.25. The Morgan fingerprint density at radius 1 is 1.29 bits per heavy atom. The highest BCUT2D eigenvalue weighted by atomic mass is 35.5. The predicted octanol–water partition coefficient (Wildman–Crippen LogP) is 2.85. The van der Waals surface area contributed by atoms with Gasteiger partial charge in [0.15, 0.2) is 28.6 Å². The molecule has 0 N–H and O–H groups in total. The summed E-state index contributed by atoms with van der Waals surface area (Å²) in [5.41, 5.74) is 0. The second kappa shape index (κ2) is 5.69. The molecule has 1 atom stereocenters. The number of halogens is 1. The molecule has 2 aromatic rings. The van der Waals surface area contributed by atoms with E-state index < -0.39 is 0 Å². The summed E-state index contributed by atoms with van der Waals surface area (Å²) in [7, 11) is 1.68. The van der Waals surface area contributed by atoms with Crippen LogP contribution in [0.25, 0.3) is 0 Å². The minimum absolute atomic E-state index is 0.193. The van der Waals surface area contributed by atoms with E-state index in [4.69, 9.17) is 25.5 Å². The first-order valence-corrected chi connectivity index (χ1v) is 6.90. The molecule has 0 bridgehead atoms. The predicted molar refractivity (Wildman–Crippen MR) is 77.0 cm³/mol. The average Bonchev–Trinajstić information content (AvgIpc) is 2.93. The number of rotatable bonds is 3. The smallest absolute Gasteiger partial charge is 0.289 e. The van der Waals surface area contributed by atoms with Crippen molar-refractivity contribution in [1.82, 2.24) is 4.90 Å². The van der Waals surface area contributed by atoms with Gasteiger partial charge in [0.2, 0.25) is 0 Å². The van der Waals surface area contributed by atoms with Crippen LogP contribution in [0.1, 0.15) is 10.6 Å². The van der Waals surface area contributed by atoms with Crippen molar-refractivity contribution in [2.24, 2.45) is 0 Å². The third kappa shape index (κ3) is 2.97. The standard InChI is InChI=1S/C15H14ClNO4/c1-17(15(18)13-6-7-14(16)21-13)8-10-9-19-11-4-2-3-5-12(11)20-10/h2-7,10H,8-9H2,1H3. The lowest BCUT2D eigenvalue weighted by atomic mass is 10.2. The number of carbonyl (C=O) groups is 1. The molecule has 1 aliphatic rings. The zero-order valence-electron chi connectivity index (χ0n) is 11.4. The second-order valence-electron chi connectivity index (χ2n) is 4.79. The Hall–Kier alpha value is -2.14. The van der Waals surface area contributed by atoms with E-state index in [9.17, 15) is 4.79 Å². The monoisotopic (exact) mass is 307 g/mol. The topological polar surface area (TPSA) is 51.9 Å². The highest BCUT2D eigenvalue weighted by molar-refractivity contribution is 6.29. The summed E-state index contributed by atoms with van der Waals surface area (Å²) in [6, 6.07) is 10.6. The number of benzene rings is 1. The molecule has 2 heterocycles. The number of fused-ring (bicyclic) bond motifs is 1. The lowest BCUT2D eigenvalue weighted by Crippen LogP contribution is -2.41. The van der Waals surface area contributed by atoms with Crippen molar-refractivity contribution in [2.75, 3.05) is 20.2 Å². The minimum atomic E-state index is -0.246. The zero-order valence-corrected chi connectivity index (χ0v) is 12.2. The minimum Gasteiger partial charge on any atom is -0.486 e. The van der Waals surface area contributed by atoms with E-state index in [0.717, 1.165) is 5.75 Å². The summed E-state index contributed by atoms with van der Waals surface area (Å²) in [6.45, 7) is 0.791. The normalized spacial score (nSPS) is 16.6. The molecule has 0 saturated heterocycles. The molecular weight excluding hydrogens is 294 g/mol. The molecule has 0 fully saturated rings. The molecule has 1 aromatic carbocycles. The molecular formula is C15H14ClNO4. The first-order valence-electron chi connectivity index (χ1n) is 6.53. The van der Waals surface area contributed by atoms with Crippen LogP contribution in [-0.4, -0.2) is 37.1 Å². The fourth-order valence-corrected chi connectivity index (χ4v) is 2.30. The number of carbonyl (C=O) groups excluding carboxylic acids is 1. The maximum Gasteiger partial charge on any atom is 0.289 e. The van der Waals surface area contributed by atoms with Crippen LogP contribution < -0.4 is 9.47 Å². The first kappa shape index (κ1) is 13.8. The van der Waals surface area contributed by atoms with Gasteiger partial charge in [0.25, 0.3) is 5.91 Å². The number of para-hydroxylation sites is 2. The van der Waals surface area contributed by atoms with E-state index in [0.29, 0.717) is 18.9 Å².